The first-order valence-electron chi connectivity index (χ1n) is 10.9. The summed E-state index contributed by atoms with van der Waals surface area (Å²) in [4.78, 5) is 17.2. The maximum absolute atomic E-state index is 13.8. The van der Waals surface area contributed by atoms with Gasteiger partial charge in [-0.2, -0.15) is 18.3 Å². The predicted octanol–water partition coefficient (Wildman–Crippen LogP) is 4.09. The summed E-state index contributed by atoms with van der Waals surface area (Å²) >= 11 is 0. The lowest BCUT2D eigenvalue weighted by atomic mass is 10.0. The number of piperazine rings is 1. The van der Waals surface area contributed by atoms with Gasteiger partial charge in [0.2, 0.25) is 0 Å². The van der Waals surface area contributed by atoms with Crippen molar-refractivity contribution in [2.45, 2.75) is 31.2 Å². The molecule has 0 unspecified atom stereocenters. The second-order valence-electron chi connectivity index (χ2n) is 8.41. The zero-order valence-electron chi connectivity index (χ0n) is 17.8. The SMILES string of the molecule is O=C(c1cnn2c1N[C@@H](c1ccco1)C[C@@H]2C(F)(F)F)N1CCN(Cc2ccccc2)CC1. The monoisotopic (exact) mass is 459 g/mol. The summed E-state index contributed by atoms with van der Waals surface area (Å²) in [6, 6.07) is 10.8. The Hall–Kier alpha value is -3.27. The molecule has 1 amide bonds. The number of hydrogen-bond acceptors (Lipinski definition) is 5. The Bertz CT molecular complexity index is 1090. The van der Waals surface area contributed by atoms with E-state index in [2.05, 4.69) is 27.4 Å². The number of nitrogens with one attached hydrogen (secondary N) is 1. The van der Waals surface area contributed by atoms with Gasteiger partial charge in [-0.1, -0.05) is 30.3 Å². The molecule has 4 heterocycles. The Morgan fingerprint density at radius 3 is 2.52 bits per heavy atom. The Kier molecular flexibility index (Phi) is 5.61. The molecule has 0 spiro atoms. The minimum Gasteiger partial charge on any atom is -0.467 e. The van der Waals surface area contributed by atoms with Crippen LogP contribution in [0.3, 0.4) is 0 Å². The summed E-state index contributed by atoms with van der Waals surface area (Å²) in [5.41, 5.74) is 1.35. The molecule has 10 heteroatoms. The van der Waals surface area contributed by atoms with Crippen molar-refractivity contribution < 1.29 is 22.4 Å². The van der Waals surface area contributed by atoms with Crippen LogP contribution in [0.1, 0.15) is 40.2 Å². The molecule has 2 atom stereocenters. The van der Waals surface area contributed by atoms with Crippen LogP contribution >= 0.6 is 0 Å². The summed E-state index contributed by atoms with van der Waals surface area (Å²) in [5.74, 6) is 0.162. The van der Waals surface area contributed by atoms with Gasteiger partial charge in [0.25, 0.3) is 5.91 Å². The van der Waals surface area contributed by atoms with Crippen LogP contribution in [0.2, 0.25) is 0 Å². The van der Waals surface area contributed by atoms with Gasteiger partial charge in [-0.15, -0.1) is 0 Å². The van der Waals surface area contributed by atoms with Crippen LogP contribution in [0.15, 0.2) is 59.3 Å². The number of alkyl halides is 3. The maximum atomic E-state index is 13.8. The van der Waals surface area contributed by atoms with E-state index in [1.165, 1.54) is 18.0 Å². The van der Waals surface area contributed by atoms with Crippen LogP contribution in [0.5, 0.6) is 0 Å². The van der Waals surface area contributed by atoms with Gasteiger partial charge in [0.05, 0.1) is 18.5 Å². The molecule has 7 nitrogen and oxygen atoms in total. The number of halogens is 3. The van der Waals surface area contributed by atoms with Gasteiger partial charge in [0.1, 0.15) is 17.1 Å². The molecule has 2 aromatic heterocycles. The van der Waals surface area contributed by atoms with Crippen LogP contribution in [-0.2, 0) is 6.54 Å². The van der Waals surface area contributed by atoms with Crippen molar-refractivity contribution >= 4 is 11.7 Å². The molecule has 1 aromatic carbocycles. The number of fused-ring (bicyclic) bond motifs is 1. The molecule has 1 N–H and O–H groups in total. The summed E-state index contributed by atoms with van der Waals surface area (Å²) in [7, 11) is 0. The molecule has 2 aliphatic rings. The van der Waals surface area contributed by atoms with Crippen molar-refractivity contribution in [3.05, 3.63) is 71.8 Å². The van der Waals surface area contributed by atoms with Crippen LogP contribution < -0.4 is 5.32 Å². The second-order valence-corrected chi connectivity index (χ2v) is 8.41. The van der Waals surface area contributed by atoms with E-state index in [1.54, 1.807) is 17.0 Å². The number of benzene rings is 1. The van der Waals surface area contributed by atoms with Crippen LogP contribution in [0, 0.1) is 0 Å². The summed E-state index contributed by atoms with van der Waals surface area (Å²) in [6.45, 7) is 3.18. The van der Waals surface area contributed by atoms with E-state index in [4.69, 9.17) is 4.42 Å². The molecule has 0 radical (unpaired) electrons. The van der Waals surface area contributed by atoms with Crippen molar-refractivity contribution in [1.29, 1.82) is 0 Å². The lowest BCUT2D eigenvalue weighted by molar-refractivity contribution is -0.174. The Labute approximate surface area is 188 Å². The molecular weight excluding hydrogens is 435 g/mol. The minimum absolute atomic E-state index is 0.0849. The number of nitrogens with zero attached hydrogens (tertiary/aromatic N) is 4. The van der Waals surface area contributed by atoms with Gasteiger partial charge in [0, 0.05) is 39.1 Å². The van der Waals surface area contributed by atoms with Crippen LogP contribution in [0.4, 0.5) is 19.0 Å². The zero-order chi connectivity index (χ0) is 23.0. The summed E-state index contributed by atoms with van der Waals surface area (Å²) in [6.07, 6.45) is -2.11. The van der Waals surface area contributed by atoms with E-state index >= 15 is 0 Å². The summed E-state index contributed by atoms with van der Waals surface area (Å²) < 4.78 is 47.6. The highest BCUT2D eigenvalue weighted by Crippen LogP contribution is 2.44. The van der Waals surface area contributed by atoms with Crippen LogP contribution in [-0.4, -0.2) is 57.8 Å². The molecule has 5 rings (SSSR count). The minimum atomic E-state index is -4.50. The molecule has 33 heavy (non-hydrogen) atoms. The molecular formula is C23H24F3N5O2. The Balaban J connectivity index is 1.32. The largest absolute Gasteiger partial charge is 0.467 e. The fourth-order valence-electron chi connectivity index (χ4n) is 4.52. The highest BCUT2D eigenvalue weighted by atomic mass is 19.4. The van der Waals surface area contributed by atoms with Gasteiger partial charge >= 0.3 is 6.18 Å². The predicted molar refractivity (Wildman–Crippen MR) is 115 cm³/mol. The van der Waals surface area contributed by atoms with Gasteiger partial charge in [-0.3, -0.25) is 9.69 Å². The van der Waals surface area contributed by atoms with E-state index in [0.29, 0.717) is 31.9 Å². The number of furan rings is 1. The molecule has 1 saturated heterocycles. The third kappa shape index (κ3) is 4.35. The van der Waals surface area contributed by atoms with Crippen molar-refractivity contribution in [2.75, 3.05) is 31.5 Å². The lowest BCUT2D eigenvalue weighted by Crippen LogP contribution is -2.48. The van der Waals surface area contributed by atoms with Crippen LogP contribution in [0.25, 0.3) is 0 Å². The number of carbonyl (C=O) groups is 1. The number of carbonyl (C=O) groups excluding carboxylic acids is 1. The fraction of sp³-hybridized carbons (Fsp3) is 0.391. The zero-order valence-corrected chi connectivity index (χ0v) is 17.8. The first-order valence-corrected chi connectivity index (χ1v) is 10.9. The average molecular weight is 459 g/mol. The molecule has 3 aromatic rings. The van der Waals surface area contributed by atoms with Gasteiger partial charge in [-0.25, -0.2) is 4.68 Å². The Morgan fingerprint density at radius 2 is 1.85 bits per heavy atom. The van der Waals surface area contributed by atoms with Crippen molar-refractivity contribution in [3.63, 3.8) is 0 Å². The number of aromatic nitrogens is 2. The number of hydrogen-bond donors (Lipinski definition) is 1. The van der Waals surface area contributed by atoms with Gasteiger partial charge in [0.15, 0.2) is 6.04 Å². The van der Waals surface area contributed by atoms with Gasteiger partial charge < -0.3 is 14.6 Å². The molecule has 1 fully saturated rings. The van der Waals surface area contributed by atoms with E-state index in [-0.39, 0.29) is 23.7 Å². The molecule has 0 aliphatic carbocycles. The smallest absolute Gasteiger partial charge is 0.410 e. The lowest BCUT2D eigenvalue weighted by Gasteiger charge is -2.36. The standard InChI is InChI=1S/C23H24F3N5O2/c24-23(25,26)20-13-18(19-7-4-12-33-19)28-21-17(14-27-31(20)21)22(32)30-10-8-29(9-11-30)15-16-5-2-1-3-6-16/h1-7,12,14,18,20,28H,8-11,13,15H2/t18-,20-/m1/s1. The second kappa shape index (κ2) is 8.58. The Morgan fingerprint density at radius 1 is 1.09 bits per heavy atom. The molecule has 2 aliphatic heterocycles. The molecule has 0 saturated carbocycles. The van der Waals surface area contributed by atoms with Crippen molar-refractivity contribution in [1.82, 2.24) is 19.6 Å². The van der Waals surface area contributed by atoms with Gasteiger partial charge in [-0.05, 0) is 17.7 Å². The summed E-state index contributed by atoms with van der Waals surface area (Å²) in [5, 5.41) is 7.01. The maximum Gasteiger partial charge on any atom is 0.410 e. The van der Waals surface area contributed by atoms with E-state index < -0.39 is 18.3 Å². The molecule has 0 bridgehead atoms. The quantitative estimate of drug-likeness (QED) is 0.637. The normalized spacial score (nSPS) is 21.5. The third-order valence-electron chi connectivity index (χ3n) is 6.26. The highest BCUT2D eigenvalue weighted by molar-refractivity contribution is 5.99. The van der Waals surface area contributed by atoms with E-state index in [0.717, 1.165) is 11.2 Å². The van der Waals surface area contributed by atoms with Crippen molar-refractivity contribution in [2.24, 2.45) is 0 Å². The fourth-order valence-corrected chi connectivity index (χ4v) is 4.52. The first-order chi connectivity index (χ1) is 15.9. The van der Waals surface area contributed by atoms with Crippen molar-refractivity contribution in [3.8, 4) is 0 Å². The highest BCUT2D eigenvalue weighted by Gasteiger charge is 2.48. The number of amides is 1. The number of anilines is 1. The molecule has 174 valence electrons. The first kappa shape index (κ1) is 21.6. The van der Waals surface area contributed by atoms with E-state index in [9.17, 15) is 18.0 Å². The number of rotatable bonds is 4. The average Bonchev–Trinajstić information content (AvgIpc) is 3.49. The third-order valence-corrected chi connectivity index (χ3v) is 6.26. The van der Waals surface area contributed by atoms with E-state index in [1.807, 2.05) is 18.2 Å². The topological polar surface area (TPSA) is 66.5 Å².